The lowest BCUT2D eigenvalue weighted by atomic mass is 9.93. The van der Waals surface area contributed by atoms with E-state index in [1.54, 1.807) is 0 Å². The Labute approximate surface area is 215 Å². The third kappa shape index (κ3) is 28.1. The van der Waals surface area contributed by atoms with Gasteiger partial charge in [0.1, 0.15) is 0 Å². The zero-order valence-electron chi connectivity index (χ0n) is 26.0. The molecule has 200 valence electrons. The summed E-state index contributed by atoms with van der Waals surface area (Å²) in [4.78, 5) is 0. The minimum atomic E-state index is -0.183. The number of rotatable bonds is 28. The van der Waals surface area contributed by atoms with E-state index in [2.05, 4.69) is 27.7 Å². The van der Waals surface area contributed by atoms with Gasteiger partial charge < -0.3 is 0 Å². The fourth-order valence-corrected chi connectivity index (χ4v) is 5.05. The SMILES string of the molecule is [3H]C(CCC(C)CCCCCCCCCCCCCC)C([3H])CC(C)CCCCCCCCCC. The Balaban J connectivity index is 3.56. The van der Waals surface area contributed by atoms with Gasteiger partial charge in [-0.3, -0.25) is 0 Å². The molecule has 0 aromatic carbocycles. The average molecular weight is 469 g/mol. The first-order valence-electron chi connectivity index (χ1n) is 17.0. The molecule has 0 heteroatoms. The van der Waals surface area contributed by atoms with Crippen LogP contribution in [-0.2, 0) is 0 Å². The molecule has 0 aliphatic rings. The molecule has 0 saturated heterocycles. The second kappa shape index (κ2) is 28.2. The maximum absolute atomic E-state index is 8.48. The van der Waals surface area contributed by atoms with Crippen molar-refractivity contribution in [2.75, 3.05) is 0 Å². The smallest absolute Gasteiger partial charge is 0.0267 e. The lowest BCUT2D eigenvalue weighted by molar-refractivity contribution is 0.407. The van der Waals surface area contributed by atoms with E-state index in [1.807, 2.05) is 0 Å². The van der Waals surface area contributed by atoms with Crippen molar-refractivity contribution in [2.24, 2.45) is 11.8 Å². The zero-order valence-corrected chi connectivity index (χ0v) is 24.0. The first kappa shape index (κ1) is 29.2. The van der Waals surface area contributed by atoms with Crippen molar-refractivity contribution >= 4 is 0 Å². The molecule has 33 heavy (non-hydrogen) atoms. The molecule has 0 nitrogen and oxygen atoms in total. The highest BCUT2D eigenvalue weighted by Gasteiger charge is 2.05. The van der Waals surface area contributed by atoms with Crippen molar-refractivity contribution in [1.29, 1.82) is 0 Å². The van der Waals surface area contributed by atoms with Gasteiger partial charge in [-0.05, 0) is 11.8 Å². The van der Waals surface area contributed by atoms with Gasteiger partial charge in [-0.1, -0.05) is 201 Å². The molecule has 0 saturated carbocycles. The number of hydrogen-bond donors (Lipinski definition) is 0. The normalized spacial score (nSPS) is 16.2. The van der Waals surface area contributed by atoms with Crippen LogP contribution in [0.2, 0.25) is 0 Å². The summed E-state index contributed by atoms with van der Waals surface area (Å²) in [7, 11) is 0. The van der Waals surface area contributed by atoms with Gasteiger partial charge in [0.2, 0.25) is 0 Å². The molecule has 0 heterocycles. The standard InChI is InChI=1S/C33H68/c1-5-7-9-11-13-15-16-17-18-20-22-25-29-33(4)31-27-23-26-30-32(3)28-24-21-19-14-12-10-8-6-2/h32-33H,5-31H2,1-4H3/i23T,26T. The predicted octanol–water partition coefficient (Wildman–Crippen LogP) is 12.8. The summed E-state index contributed by atoms with van der Waals surface area (Å²) in [6.07, 6.45) is 33.3. The largest absolute Gasteiger partial charge is 0.0654 e. The van der Waals surface area contributed by atoms with Crippen LogP contribution in [0.4, 0.5) is 0 Å². The highest BCUT2D eigenvalue weighted by Crippen LogP contribution is 2.21. The monoisotopic (exact) mass is 469 g/mol. The Hall–Kier alpha value is 0. The van der Waals surface area contributed by atoms with Crippen molar-refractivity contribution in [3.8, 4) is 0 Å². The third-order valence-electron chi connectivity index (χ3n) is 7.63. The van der Waals surface area contributed by atoms with Crippen LogP contribution in [0.1, 0.15) is 204 Å². The van der Waals surface area contributed by atoms with E-state index in [9.17, 15) is 0 Å². The van der Waals surface area contributed by atoms with E-state index in [0.29, 0.717) is 5.92 Å². The summed E-state index contributed by atoms with van der Waals surface area (Å²) in [5.41, 5.74) is 0. The molecular formula is C33H68. The first-order chi connectivity index (χ1) is 17.0. The van der Waals surface area contributed by atoms with Gasteiger partial charge in [0.15, 0.2) is 0 Å². The maximum atomic E-state index is 8.48. The molecule has 0 aliphatic heterocycles. The number of unbranched alkanes of at least 4 members (excludes halogenated alkanes) is 18. The highest BCUT2D eigenvalue weighted by atomic mass is 14.1. The number of hydrogen-bond acceptors (Lipinski definition) is 0. The van der Waals surface area contributed by atoms with Crippen LogP contribution in [0.25, 0.3) is 0 Å². The van der Waals surface area contributed by atoms with Gasteiger partial charge in [-0.25, -0.2) is 0 Å². The molecular weight excluding hydrogens is 396 g/mol. The summed E-state index contributed by atoms with van der Waals surface area (Å²) in [6.45, 7) is 9.25. The second-order valence-corrected chi connectivity index (χ2v) is 11.4. The van der Waals surface area contributed by atoms with Crippen LogP contribution in [0, 0.1) is 11.8 Å². The van der Waals surface area contributed by atoms with Crippen LogP contribution in [0.15, 0.2) is 0 Å². The van der Waals surface area contributed by atoms with Gasteiger partial charge >= 0.3 is 0 Å². The van der Waals surface area contributed by atoms with Gasteiger partial charge in [-0.15, -0.1) is 0 Å². The molecule has 0 aliphatic carbocycles. The lowest BCUT2D eigenvalue weighted by Gasteiger charge is -2.13. The molecule has 0 amide bonds. The molecule has 0 spiro atoms. The lowest BCUT2D eigenvalue weighted by Crippen LogP contribution is -1.97. The predicted molar refractivity (Wildman–Crippen MR) is 154 cm³/mol. The summed E-state index contributed by atoms with van der Waals surface area (Å²) >= 11 is 0. The molecule has 4 unspecified atom stereocenters. The summed E-state index contributed by atoms with van der Waals surface area (Å²) in [5.74, 6) is 1.34. The van der Waals surface area contributed by atoms with E-state index >= 15 is 0 Å². The van der Waals surface area contributed by atoms with Gasteiger partial charge in [0.05, 0.1) is 0 Å². The third-order valence-corrected chi connectivity index (χ3v) is 7.63. The molecule has 0 bridgehead atoms. The van der Waals surface area contributed by atoms with E-state index < -0.39 is 0 Å². The van der Waals surface area contributed by atoms with E-state index in [-0.39, 0.29) is 12.8 Å². The molecule has 4 atom stereocenters. The average Bonchev–Trinajstić information content (AvgIpc) is 2.84. The van der Waals surface area contributed by atoms with Crippen molar-refractivity contribution in [2.45, 2.75) is 201 Å². The van der Waals surface area contributed by atoms with Gasteiger partial charge in [0, 0.05) is 2.74 Å². The molecule has 0 rings (SSSR count). The van der Waals surface area contributed by atoms with Crippen molar-refractivity contribution in [3.63, 3.8) is 0 Å². The maximum Gasteiger partial charge on any atom is 0.0267 e. The Morgan fingerprint density at radius 1 is 0.364 bits per heavy atom. The Morgan fingerprint density at radius 3 is 1.06 bits per heavy atom. The fourth-order valence-electron chi connectivity index (χ4n) is 5.05. The van der Waals surface area contributed by atoms with Crippen molar-refractivity contribution < 1.29 is 2.74 Å². The first-order valence-corrected chi connectivity index (χ1v) is 15.9. The van der Waals surface area contributed by atoms with Crippen LogP contribution >= 0.6 is 0 Å². The van der Waals surface area contributed by atoms with Crippen LogP contribution in [-0.4, -0.2) is 0 Å². The quantitative estimate of drug-likeness (QED) is 0.100. The van der Waals surface area contributed by atoms with Crippen molar-refractivity contribution in [1.82, 2.24) is 0 Å². The molecule has 0 aromatic heterocycles. The van der Waals surface area contributed by atoms with E-state index in [4.69, 9.17) is 2.74 Å². The Morgan fingerprint density at radius 2 is 0.667 bits per heavy atom. The summed E-state index contributed by atoms with van der Waals surface area (Å²) in [5, 5.41) is 0. The fraction of sp³-hybridized carbons (Fsp3) is 1.00. The molecule has 0 aromatic rings. The Kier molecular flexibility index (Phi) is 25.0. The van der Waals surface area contributed by atoms with E-state index in [1.165, 1.54) is 141 Å². The summed E-state index contributed by atoms with van der Waals surface area (Å²) in [6, 6.07) is 0. The van der Waals surface area contributed by atoms with Crippen LogP contribution < -0.4 is 0 Å². The van der Waals surface area contributed by atoms with Gasteiger partial charge in [-0.2, -0.15) is 0 Å². The zero-order chi connectivity index (χ0) is 26.0. The van der Waals surface area contributed by atoms with Crippen LogP contribution in [0.3, 0.4) is 0 Å². The molecule has 0 fully saturated rings. The Bertz CT molecular complexity index is 397. The van der Waals surface area contributed by atoms with E-state index in [0.717, 1.165) is 25.2 Å². The topological polar surface area (TPSA) is 0 Å². The van der Waals surface area contributed by atoms with Crippen LogP contribution in [0.5, 0.6) is 0 Å². The van der Waals surface area contributed by atoms with Gasteiger partial charge in [0.25, 0.3) is 0 Å². The summed E-state index contributed by atoms with van der Waals surface area (Å²) < 4.78 is 17.0. The highest BCUT2D eigenvalue weighted by molar-refractivity contribution is 4.58. The minimum absolute atomic E-state index is 0.180. The molecule has 0 N–H and O–H groups in total. The van der Waals surface area contributed by atoms with Crippen molar-refractivity contribution in [3.05, 3.63) is 0 Å². The second-order valence-electron chi connectivity index (χ2n) is 11.4. The molecule has 0 radical (unpaired) electrons. The minimum Gasteiger partial charge on any atom is -0.0654 e.